The number of aromatic hydroxyl groups is 2. The summed E-state index contributed by atoms with van der Waals surface area (Å²) in [5.41, 5.74) is 1.15. The van der Waals surface area contributed by atoms with Crippen molar-refractivity contribution >= 4 is 22.7 Å². The Morgan fingerprint density at radius 1 is 0.941 bits per heavy atom. The minimum Gasteiger partial charge on any atom is -0.507 e. The number of nitrogens with one attached hydrogen (secondary N) is 1. The van der Waals surface area contributed by atoms with Gasteiger partial charge in [0.25, 0.3) is 5.56 Å². The molecule has 0 spiro atoms. The molecule has 0 aliphatic carbocycles. The minimum absolute atomic E-state index is 0.0208. The number of fused-ring (bicyclic) bond motifs is 1. The van der Waals surface area contributed by atoms with Crippen LogP contribution in [0.5, 0.6) is 17.2 Å². The molecule has 11 nitrogen and oxygen atoms in total. The van der Waals surface area contributed by atoms with E-state index >= 15 is 0 Å². The highest BCUT2D eigenvalue weighted by atomic mass is 16.5. The number of phenolic OH excluding ortho intramolecular Hbond substituents is 2. The van der Waals surface area contributed by atoms with E-state index < -0.39 is 11.2 Å². The number of Topliss-reactive ketones (excluding diaryl/α,β-unsaturated/α-hetero) is 1. The smallest absolute Gasteiger partial charge is 0.335 e. The number of esters is 1. The molecule has 276 valence electrons. The maximum atomic E-state index is 13.5. The number of aromatic nitrogens is 2. The zero-order valence-electron chi connectivity index (χ0n) is 30.9. The van der Waals surface area contributed by atoms with Crippen molar-refractivity contribution < 1.29 is 29.3 Å². The zero-order valence-corrected chi connectivity index (χ0v) is 30.9. The molecular weight excluding hydrogens is 650 g/mol. The molecule has 0 amide bonds. The van der Waals surface area contributed by atoms with Crippen LogP contribution in [0.1, 0.15) is 83.1 Å². The van der Waals surface area contributed by atoms with E-state index in [1.165, 1.54) is 34.3 Å². The maximum absolute atomic E-state index is 13.5. The molecule has 1 heterocycles. The number of carbonyl (C=O) groups excluding carboxylic acids is 2. The lowest BCUT2D eigenvalue weighted by molar-refractivity contribution is -0.153. The summed E-state index contributed by atoms with van der Waals surface area (Å²) < 4.78 is 14.1. The Kier molecular flexibility index (Phi) is 15.5. The molecule has 0 aliphatic heterocycles. The molecule has 0 saturated carbocycles. The summed E-state index contributed by atoms with van der Waals surface area (Å²) in [5.74, 6) is -0.0832. The minimum atomic E-state index is -0.421. The predicted molar refractivity (Wildman–Crippen MR) is 200 cm³/mol. The number of hydrogen-bond donors (Lipinski definition) is 3. The number of benzene rings is 3. The molecule has 4 rings (SSSR count). The Bertz CT molecular complexity index is 1860. The molecule has 0 bridgehead atoms. The monoisotopic (exact) mass is 703 g/mol. The second kappa shape index (κ2) is 19.5. The molecule has 0 aliphatic rings. The van der Waals surface area contributed by atoms with Crippen LogP contribution in [-0.4, -0.2) is 56.9 Å². The summed E-state index contributed by atoms with van der Waals surface area (Å²) in [7, 11) is 1.66. The van der Waals surface area contributed by atoms with Gasteiger partial charge in [0, 0.05) is 13.6 Å². The van der Waals surface area contributed by atoms with E-state index in [1.807, 2.05) is 32.9 Å². The summed E-state index contributed by atoms with van der Waals surface area (Å²) in [4.78, 5) is 50.5. The van der Waals surface area contributed by atoms with E-state index in [0.29, 0.717) is 47.8 Å². The van der Waals surface area contributed by atoms with Gasteiger partial charge in [0.05, 0.1) is 28.6 Å². The lowest BCUT2D eigenvalue weighted by Gasteiger charge is -2.23. The lowest BCUT2D eigenvalue weighted by atomic mass is 9.86. The van der Waals surface area contributed by atoms with Crippen molar-refractivity contribution in [1.29, 1.82) is 0 Å². The lowest BCUT2D eigenvalue weighted by Crippen LogP contribution is -2.37. The Hall–Kier alpha value is -4.90. The van der Waals surface area contributed by atoms with Gasteiger partial charge in [-0.1, -0.05) is 58.2 Å². The van der Waals surface area contributed by atoms with Gasteiger partial charge in [0.2, 0.25) is 0 Å². The Balaban J connectivity index is 0.000000542. The van der Waals surface area contributed by atoms with Gasteiger partial charge in [-0.05, 0) is 94.1 Å². The number of carbonyl (C=O) groups is 2. The number of likely N-dealkylation sites (N-methyl/N-ethyl adjacent to an activating group) is 1. The molecule has 2 unspecified atom stereocenters. The molecule has 3 N–H and O–H groups in total. The highest BCUT2D eigenvalue weighted by Crippen LogP contribution is 2.27. The standard InChI is InChI=1S/C32H45N3O5.C8H8O3/c1-7-10-23(8-2)19-25(31(37)40-22(4)5)20-24-11-13-26(14-12-24)35-30(36)28-21-27(39-18-17-33-9-3)15-16-29(28)34(6)32(35)38;1-5(9)8-6(10)3-2-4-7(8)11/h11-16,21-23,25,33H,7-10,17-20H2,1-6H3;2-4,10-11H,1H3. The van der Waals surface area contributed by atoms with Gasteiger partial charge in [-0.15, -0.1) is 0 Å². The number of nitrogens with zero attached hydrogens (tertiary/aromatic N) is 2. The van der Waals surface area contributed by atoms with Gasteiger partial charge in [-0.2, -0.15) is 0 Å². The van der Waals surface area contributed by atoms with Crippen LogP contribution in [0.3, 0.4) is 0 Å². The topological polar surface area (TPSA) is 149 Å². The first-order valence-electron chi connectivity index (χ1n) is 17.7. The van der Waals surface area contributed by atoms with Crippen LogP contribution >= 0.6 is 0 Å². The fourth-order valence-corrected chi connectivity index (χ4v) is 6.02. The quantitative estimate of drug-likeness (QED) is 0.0694. The van der Waals surface area contributed by atoms with E-state index in [-0.39, 0.29) is 40.8 Å². The summed E-state index contributed by atoms with van der Waals surface area (Å²) in [6.07, 6.45) is 4.34. The largest absolute Gasteiger partial charge is 0.507 e. The van der Waals surface area contributed by atoms with Crippen LogP contribution in [0.25, 0.3) is 16.6 Å². The third-order valence-electron chi connectivity index (χ3n) is 8.67. The normalized spacial score (nSPS) is 12.2. The van der Waals surface area contributed by atoms with Gasteiger partial charge in [-0.25, -0.2) is 9.36 Å². The van der Waals surface area contributed by atoms with Crippen molar-refractivity contribution in [1.82, 2.24) is 14.5 Å². The van der Waals surface area contributed by atoms with Gasteiger partial charge in [0.15, 0.2) is 5.78 Å². The fourth-order valence-electron chi connectivity index (χ4n) is 6.02. The molecule has 0 radical (unpaired) electrons. The van der Waals surface area contributed by atoms with Crippen molar-refractivity contribution in [2.24, 2.45) is 18.9 Å². The molecular formula is C40H53N3O8. The summed E-state index contributed by atoms with van der Waals surface area (Å²) in [5, 5.41) is 21.8. The summed E-state index contributed by atoms with van der Waals surface area (Å²) >= 11 is 0. The van der Waals surface area contributed by atoms with E-state index in [4.69, 9.17) is 19.7 Å². The van der Waals surface area contributed by atoms with Crippen molar-refractivity contribution in [3.63, 3.8) is 0 Å². The van der Waals surface area contributed by atoms with Crippen molar-refractivity contribution in [3.8, 4) is 22.9 Å². The van der Waals surface area contributed by atoms with Crippen LogP contribution in [0, 0.1) is 11.8 Å². The molecule has 51 heavy (non-hydrogen) atoms. The van der Waals surface area contributed by atoms with E-state index in [9.17, 15) is 19.2 Å². The Labute approximate surface area is 299 Å². The number of ether oxygens (including phenoxy) is 2. The first-order valence-corrected chi connectivity index (χ1v) is 17.7. The number of ketones is 1. The van der Waals surface area contributed by atoms with E-state index in [0.717, 1.165) is 37.8 Å². The van der Waals surface area contributed by atoms with Crippen molar-refractivity contribution in [2.75, 3.05) is 19.7 Å². The number of hydrogen-bond acceptors (Lipinski definition) is 9. The first kappa shape index (κ1) is 40.5. The molecule has 2 atom stereocenters. The van der Waals surface area contributed by atoms with E-state index in [2.05, 4.69) is 19.2 Å². The van der Waals surface area contributed by atoms with Crippen molar-refractivity contribution in [3.05, 3.63) is 92.6 Å². The van der Waals surface area contributed by atoms with Gasteiger partial charge >= 0.3 is 11.7 Å². The second-order valence-electron chi connectivity index (χ2n) is 12.9. The third-order valence-corrected chi connectivity index (χ3v) is 8.67. The van der Waals surface area contributed by atoms with Crippen LogP contribution in [0.4, 0.5) is 0 Å². The van der Waals surface area contributed by atoms with Crippen LogP contribution in [0.2, 0.25) is 0 Å². The van der Waals surface area contributed by atoms with Gasteiger partial charge in [0.1, 0.15) is 29.4 Å². The molecule has 4 aromatic rings. The van der Waals surface area contributed by atoms with E-state index in [1.54, 1.807) is 37.4 Å². The zero-order chi connectivity index (χ0) is 37.7. The average molecular weight is 704 g/mol. The molecule has 1 aromatic heterocycles. The highest BCUT2D eigenvalue weighted by Gasteiger charge is 2.25. The van der Waals surface area contributed by atoms with Gasteiger partial charge in [-0.3, -0.25) is 19.0 Å². The average Bonchev–Trinajstić information content (AvgIpc) is 3.09. The SMILES string of the molecule is CC(=O)c1c(O)cccc1O.CCCC(CC)CC(Cc1ccc(-n2c(=O)c3cc(OCCNCC)ccc3n(C)c2=O)cc1)C(=O)OC(C)C. The number of rotatable bonds is 16. The number of aryl methyl sites for hydroxylation is 1. The first-order chi connectivity index (χ1) is 24.3. The second-order valence-corrected chi connectivity index (χ2v) is 12.9. The van der Waals surface area contributed by atoms with Crippen LogP contribution < -0.4 is 21.3 Å². The predicted octanol–water partition coefficient (Wildman–Crippen LogP) is 6.30. The highest BCUT2D eigenvalue weighted by molar-refractivity contribution is 5.99. The number of phenols is 2. The van der Waals surface area contributed by atoms with Gasteiger partial charge < -0.3 is 25.0 Å². The Morgan fingerprint density at radius 3 is 2.16 bits per heavy atom. The van der Waals surface area contributed by atoms with Crippen molar-refractivity contribution in [2.45, 2.75) is 79.8 Å². The molecule has 0 saturated heterocycles. The van der Waals surface area contributed by atoms with Crippen LogP contribution in [-0.2, 0) is 23.0 Å². The van der Waals surface area contributed by atoms with Crippen LogP contribution in [0.15, 0.2) is 70.3 Å². The maximum Gasteiger partial charge on any atom is 0.335 e. The molecule has 3 aromatic carbocycles. The summed E-state index contributed by atoms with van der Waals surface area (Å²) in [6.45, 7) is 13.4. The molecule has 11 heteroatoms. The fraction of sp³-hybridized carbons (Fsp3) is 0.450. The third kappa shape index (κ3) is 11.0. The Morgan fingerprint density at radius 2 is 1.61 bits per heavy atom. The molecule has 0 fully saturated rings. The summed E-state index contributed by atoms with van der Waals surface area (Å²) in [6, 6.07) is 16.7.